The Morgan fingerprint density at radius 2 is 1.75 bits per heavy atom. The zero-order valence-electron chi connectivity index (χ0n) is 19.3. The van der Waals surface area contributed by atoms with Crippen molar-refractivity contribution in [3.05, 3.63) is 35.4 Å². The molecule has 1 aromatic rings. The zero-order chi connectivity index (χ0) is 22.6. The quantitative estimate of drug-likeness (QED) is 0.327. The van der Waals surface area contributed by atoms with Crippen LogP contribution >= 0.6 is 0 Å². The van der Waals surface area contributed by atoms with Gasteiger partial charge in [0, 0.05) is 16.7 Å². The summed E-state index contributed by atoms with van der Waals surface area (Å²) in [7, 11) is 0. The van der Waals surface area contributed by atoms with Crippen molar-refractivity contribution in [1.82, 2.24) is 0 Å². The molecule has 0 amide bonds. The third kappa shape index (κ3) is 3.54. The van der Waals surface area contributed by atoms with E-state index in [-0.39, 0.29) is 11.0 Å². The molecule has 5 rings (SSSR count). The number of nitrogens with zero attached hydrogens (tertiary/aromatic N) is 2. The van der Waals surface area contributed by atoms with E-state index in [0.29, 0.717) is 11.3 Å². The number of halogens is 3. The molecule has 0 spiro atoms. The maximum Gasteiger partial charge on any atom is 0.417 e. The average molecular weight is 445 g/mol. The molecule has 0 saturated heterocycles. The van der Waals surface area contributed by atoms with Gasteiger partial charge in [0.05, 0.1) is 11.8 Å². The predicted octanol–water partition coefficient (Wildman–Crippen LogP) is 7.91. The summed E-state index contributed by atoms with van der Waals surface area (Å²) in [5.41, 5.74) is 1.10. The Morgan fingerprint density at radius 3 is 2.56 bits per heavy atom. The van der Waals surface area contributed by atoms with Crippen molar-refractivity contribution in [2.24, 2.45) is 44.7 Å². The molecule has 5 heteroatoms. The Kier molecular flexibility index (Phi) is 5.53. The number of alkyl halides is 3. The van der Waals surface area contributed by atoms with Crippen molar-refractivity contribution >= 4 is 11.9 Å². The van der Waals surface area contributed by atoms with Gasteiger partial charge in [-0.25, -0.2) is 0 Å². The number of benzene rings is 1. The molecule has 1 aromatic carbocycles. The van der Waals surface area contributed by atoms with Crippen LogP contribution in [-0.2, 0) is 6.18 Å². The highest BCUT2D eigenvalue weighted by atomic mass is 19.4. The lowest BCUT2D eigenvalue weighted by atomic mass is 9.45. The summed E-state index contributed by atoms with van der Waals surface area (Å²) in [5, 5.41) is 8.73. The largest absolute Gasteiger partial charge is 0.417 e. The summed E-state index contributed by atoms with van der Waals surface area (Å²) in [6.07, 6.45) is 9.75. The molecular weight excluding hydrogens is 409 g/mol. The van der Waals surface area contributed by atoms with E-state index in [2.05, 4.69) is 24.1 Å². The van der Waals surface area contributed by atoms with Crippen LogP contribution in [0.3, 0.4) is 0 Å². The molecule has 0 N–H and O–H groups in total. The van der Waals surface area contributed by atoms with Gasteiger partial charge >= 0.3 is 6.18 Å². The minimum atomic E-state index is -4.38. The van der Waals surface area contributed by atoms with Gasteiger partial charge < -0.3 is 0 Å². The van der Waals surface area contributed by atoms with E-state index in [1.807, 2.05) is 0 Å². The Morgan fingerprint density at radius 1 is 0.938 bits per heavy atom. The summed E-state index contributed by atoms with van der Waals surface area (Å²) in [4.78, 5) is 0. The molecule has 32 heavy (non-hydrogen) atoms. The molecule has 4 fully saturated rings. The highest BCUT2D eigenvalue weighted by Gasteiger charge is 2.59. The van der Waals surface area contributed by atoms with Gasteiger partial charge in [-0.2, -0.15) is 23.4 Å². The third-order valence-corrected chi connectivity index (χ3v) is 9.97. The first kappa shape index (κ1) is 22.2. The minimum Gasteiger partial charge on any atom is -0.166 e. The van der Waals surface area contributed by atoms with Crippen LogP contribution in [0.15, 0.2) is 34.5 Å². The van der Waals surface area contributed by atoms with Crippen LogP contribution in [0.25, 0.3) is 0 Å². The fraction of sp³-hybridized carbons (Fsp3) is 0.704. The molecule has 0 heterocycles. The van der Waals surface area contributed by atoms with Crippen LogP contribution in [0, 0.1) is 34.5 Å². The van der Waals surface area contributed by atoms with E-state index < -0.39 is 11.7 Å². The maximum atomic E-state index is 13.3. The second kappa shape index (κ2) is 7.99. The fourth-order valence-electron chi connectivity index (χ4n) is 8.28. The van der Waals surface area contributed by atoms with Crippen molar-refractivity contribution in [1.29, 1.82) is 0 Å². The maximum absolute atomic E-state index is 13.3. The van der Waals surface area contributed by atoms with Gasteiger partial charge in [0.1, 0.15) is 0 Å². The molecule has 4 aliphatic carbocycles. The van der Waals surface area contributed by atoms with Gasteiger partial charge in [-0.1, -0.05) is 44.9 Å². The van der Waals surface area contributed by atoms with Crippen molar-refractivity contribution < 1.29 is 13.2 Å². The first-order valence-electron chi connectivity index (χ1n) is 12.5. The lowest BCUT2D eigenvalue weighted by molar-refractivity contribution is -0.137. The molecular formula is C27H35F3N2. The first-order chi connectivity index (χ1) is 15.2. The number of hydrogen-bond donors (Lipinski definition) is 0. The van der Waals surface area contributed by atoms with E-state index in [1.54, 1.807) is 6.07 Å². The Hall–Kier alpha value is -1.65. The summed E-state index contributed by atoms with van der Waals surface area (Å²) in [6, 6.07) is 5.58. The van der Waals surface area contributed by atoms with Crippen LogP contribution in [-0.4, -0.2) is 11.9 Å². The zero-order valence-corrected chi connectivity index (χ0v) is 19.3. The van der Waals surface area contributed by atoms with E-state index in [1.165, 1.54) is 63.3 Å². The molecule has 0 aliphatic heterocycles. The summed E-state index contributed by atoms with van der Waals surface area (Å²) < 4.78 is 39.8. The van der Waals surface area contributed by atoms with Crippen LogP contribution < -0.4 is 0 Å². The highest BCUT2D eigenvalue weighted by Crippen LogP contribution is 2.65. The van der Waals surface area contributed by atoms with Gasteiger partial charge in [-0.15, -0.1) is 0 Å². The molecule has 2 nitrogen and oxygen atoms in total. The second-order valence-corrected chi connectivity index (χ2v) is 11.3. The fourth-order valence-corrected chi connectivity index (χ4v) is 8.28. The van der Waals surface area contributed by atoms with Crippen LogP contribution in [0.4, 0.5) is 13.2 Å². The first-order valence-corrected chi connectivity index (χ1v) is 12.5. The van der Waals surface area contributed by atoms with Gasteiger partial charge in [-0.3, -0.25) is 0 Å². The topological polar surface area (TPSA) is 24.7 Å². The Labute approximate surface area is 189 Å². The average Bonchev–Trinajstić information content (AvgIpc) is 3.09. The van der Waals surface area contributed by atoms with Crippen molar-refractivity contribution in [2.75, 3.05) is 0 Å². The summed E-state index contributed by atoms with van der Waals surface area (Å²) in [6.45, 7) is 4.94. The van der Waals surface area contributed by atoms with E-state index >= 15 is 0 Å². The van der Waals surface area contributed by atoms with Gasteiger partial charge in [0.15, 0.2) is 0 Å². The molecule has 4 aliphatic rings. The monoisotopic (exact) mass is 444 g/mol. The van der Waals surface area contributed by atoms with Crippen LogP contribution in [0.5, 0.6) is 0 Å². The Balaban J connectivity index is 1.37. The van der Waals surface area contributed by atoms with Crippen molar-refractivity contribution in [2.45, 2.75) is 84.2 Å². The van der Waals surface area contributed by atoms with E-state index in [0.717, 1.165) is 48.8 Å². The standard InChI is InChI=1S/C27H35F3N2/c1-25-15-6-5-8-19(25)10-11-20-22-12-13-24(26(22,2)16-14-23(20)25)32-31-17-18-7-3-4-9-21(18)27(28,29)30/h3-4,7,9,17,19-20,22-23H,5-6,8,10-16H2,1-2H3/b31-17-,32-24-/t19-,20+,22+,23-,25+,26+/m1/s1. The van der Waals surface area contributed by atoms with Crippen molar-refractivity contribution in [3.8, 4) is 0 Å². The van der Waals surface area contributed by atoms with Gasteiger partial charge in [-0.05, 0) is 86.5 Å². The Bertz CT molecular complexity index is 920. The molecule has 4 saturated carbocycles. The SMILES string of the molecule is C[C@]12CCCC[C@@H]1CC[C@@H]1[C@H]2CC[C@]2(C)/C(=N\N=C/c3ccccc3C(F)(F)F)CC[C@@H]12. The predicted molar refractivity (Wildman–Crippen MR) is 123 cm³/mol. The molecule has 0 aromatic heterocycles. The second-order valence-electron chi connectivity index (χ2n) is 11.3. The summed E-state index contributed by atoms with van der Waals surface area (Å²) >= 11 is 0. The number of fused-ring (bicyclic) bond motifs is 5. The lowest BCUT2D eigenvalue weighted by Gasteiger charge is -2.59. The molecule has 0 bridgehead atoms. The van der Waals surface area contributed by atoms with Crippen LogP contribution in [0.1, 0.15) is 89.2 Å². The normalized spacial score (nSPS) is 40.8. The molecule has 174 valence electrons. The third-order valence-electron chi connectivity index (χ3n) is 9.97. The lowest BCUT2D eigenvalue weighted by Crippen LogP contribution is -2.52. The molecule has 0 radical (unpaired) electrons. The van der Waals surface area contributed by atoms with E-state index in [4.69, 9.17) is 0 Å². The molecule has 0 unspecified atom stereocenters. The van der Waals surface area contributed by atoms with Crippen molar-refractivity contribution in [3.63, 3.8) is 0 Å². The van der Waals surface area contributed by atoms with Gasteiger partial charge in [0.25, 0.3) is 0 Å². The summed E-state index contributed by atoms with van der Waals surface area (Å²) in [5.74, 6) is 3.17. The highest BCUT2D eigenvalue weighted by molar-refractivity contribution is 5.93. The smallest absolute Gasteiger partial charge is 0.166 e. The van der Waals surface area contributed by atoms with Crippen LogP contribution in [0.2, 0.25) is 0 Å². The van der Waals surface area contributed by atoms with Gasteiger partial charge in [0.2, 0.25) is 0 Å². The minimum absolute atomic E-state index is 0.0555. The number of hydrogen-bond acceptors (Lipinski definition) is 2. The van der Waals surface area contributed by atoms with E-state index in [9.17, 15) is 13.2 Å². The molecule has 6 atom stereocenters. The number of rotatable bonds is 2.